The Kier molecular flexibility index (Phi) is 5.42. The van der Waals surface area contributed by atoms with Crippen LogP contribution in [0, 0.1) is 5.92 Å². The molecule has 0 bridgehead atoms. The number of carbonyl (C=O) groups is 1. The second-order valence-corrected chi connectivity index (χ2v) is 7.04. The highest BCUT2D eigenvalue weighted by molar-refractivity contribution is 7.15. The number of hydrogen-bond acceptors (Lipinski definition) is 5. The topological polar surface area (TPSA) is 78.4 Å². The Balaban J connectivity index is 1.66. The van der Waals surface area contributed by atoms with Crippen LogP contribution < -0.4 is 5.32 Å². The third kappa shape index (κ3) is 3.73. The summed E-state index contributed by atoms with van der Waals surface area (Å²) in [6.45, 7) is 3.51. The Morgan fingerprint density at radius 1 is 1.42 bits per heavy atom. The van der Waals surface area contributed by atoms with E-state index in [-0.39, 0.29) is 24.5 Å². The minimum atomic E-state index is -0.165. The molecule has 0 spiro atoms. The summed E-state index contributed by atoms with van der Waals surface area (Å²) in [4.78, 5) is 14.0. The lowest BCUT2D eigenvalue weighted by atomic mass is 9.97. The van der Waals surface area contributed by atoms with Crippen molar-refractivity contribution in [2.24, 2.45) is 5.92 Å². The summed E-state index contributed by atoms with van der Waals surface area (Å²) in [5.41, 5.74) is 1.21. The fourth-order valence-corrected chi connectivity index (χ4v) is 3.95. The van der Waals surface area contributed by atoms with Gasteiger partial charge in [0.05, 0.1) is 0 Å². The second kappa shape index (κ2) is 7.72. The third-order valence-corrected chi connectivity index (χ3v) is 5.35. The van der Waals surface area contributed by atoms with E-state index >= 15 is 0 Å². The van der Waals surface area contributed by atoms with Gasteiger partial charge in [-0.3, -0.25) is 5.32 Å². The van der Waals surface area contributed by atoms with Gasteiger partial charge >= 0.3 is 6.03 Å². The molecule has 1 aliphatic heterocycles. The number of likely N-dealkylation sites (tertiary alicyclic amines) is 1. The Morgan fingerprint density at radius 3 is 2.88 bits per heavy atom. The van der Waals surface area contributed by atoms with Crippen molar-refractivity contribution in [2.45, 2.75) is 25.7 Å². The largest absolute Gasteiger partial charge is 0.396 e. The molecule has 3 rings (SSSR count). The summed E-state index contributed by atoms with van der Waals surface area (Å²) in [6, 6.07) is 10.1. The first kappa shape index (κ1) is 16.9. The number of aliphatic hydroxyl groups is 1. The molecule has 1 aromatic carbocycles. The predicted octanol–water partition coefficient (Wildman–Crippen LogP) is 2.93. The standard InChI is InChI=1S/C17H22N4O2S/c1-2-14(13-6-4-3-5-7-13)15-19-20-16(24-15)18-17(23)21-9-8-12(10-21)11-22/h3-7,12,14,22H,2,8-11H2,1H3,(H,18,20,23). The summed E-state index contributed by atoms with van der Waals surface area (Å²) in [5, 5.41) is 21.8. The molecule has 6 nitrogen and oxygen atoms in total. The number of urea groups is 1. The van der Waals surface area contributed by atoms with Gasteiger partial charge in [0.15, 0.2) is 0 Å². The average Bonchev–Trinajstić information content (AvgIpc) is 3.26. The molecule has 2 amide bonds. The maximum atomic E-state index is 12.3. The van der Waals surface area contributed by atoms with Crippen molar-refractivity contribution in [1.29, 1.82) is 0 Å². The number of hydrogen-bond donors (Lipinski definition) is 2. The van der Waals surface area contributed by atoms with Crippen molar-refractivity contribution in [3.05, 3.63) is 40.9 Å². The first-order valence-corrected chi connectivity index (χ1v) is 9.08. The van der Waals surface area contributed by atoms with Gasteiger partial charge in [-0.05, 0) is 18.4 Å². The molecule has 128 valence electrons. The van der Waals surface area contributed by atoms with E-state index in [9.17, 15) is 9.90 Å². The molecule has 2 N–H and O–H groups in total. The lowest BCUT2D eigenvalue weighted by Gasteiger charge is -2.15. The quantitative estimate of drug-likeness (QED) is 0.872. The van der Waals surface area contributed by atoms with Gasteiger partial charge in [-0.2, -0.15) is 0 Å². The van der Waals surface area contributed by atoms with Crippen LogP contribution in [-0.2, 0) is 0 Å². The number of aliphatic hydroxyl groups excluding tert-OH is 1. The number of benzene rings is 1. The Labute approximate surface area is 145 Å². The molecular formula is C17H22N4O2S. The second-order valence-electron chi connectivity index (χ2n) is 6.03. The van der Waals surface area contributed by atoms with Crippen LogP contribution in [-0.4, -0.2) is 45.9 Å². The summed E-state index contributed by atoms with van der Waals surface area (Å²) in [5.74, 6) is 0.378. The minimum absolute atomic E-state index is 0.127. The summed E-state index contributed by atoms with van der Waals surface area (Å²) >= 11 is 1.42. The van der Waals surface area contributed by atoms with E-state index in [2.05, 4.69) is 34.6 Å². The van der Waals surface area contributed by atoms with Crippen LogP contribution in [0.25, 0.3) is 0 Å². The molecule has 2 unspecified atom stereocenters. The third-order valence-electron chi connectivity index (χ3n) is 4.39. The van der Waals surface area contributed by atoms with E-state index < -0.39 is 0 Å². The maximum Gasteiger partial charge on any atom is 0.323 e. The molecule has 7 heteroatoms. The monoisotopic (exact) mass is 346 g/mol. The predicted molar refractivity (Wildman–Crippen MR) is 94.3 cm³/mol. The smallest absolute Gasteiger partial charge is 0.323 e. The fraction of sp³-hybridized carbons (Fsp3) is 0.471. The molecule has 0 saturated carbocycles. The van der Waals surface area contributed by atoms with Gasteiger partial charge in [0.1, 0.15) is 5.01 Å². The lowest BCUT2D eigenvalue weighted by Crippen LogP contribution is -2.33. The zero-order chi connectivity index (χ0) is 16.9. The molecule has 0 aliphatic carbocycles. The van der Waals surface area contributed by atoms with Crippen LogP contribution in [0.15, 0.2) is 30.3 Å². The fourth-order valence-electron chi connectivity index (χ4n) is 3.00. The molecule has 1 aliphatic rings. The average molecular weight is 346 g/mol. The molecule has 0 radical (unpaired) electrons. The van der Waals surface area contributed by atoms with Gasteiger partial charge in [-0.25, -0.2) is 4.79 Å². The van der Waals surface area contributed by atoms with Crippen molar-refractivity contribution in [3.63, 3.8) is 0 Å². The van der Waals surface area contributed by atoms with Gasteiger partial charge in [0.2, 0.25) is 5.13 Å². The number of rotatable bonds is 5. The number of amides is 2. The van der Waals surface area contributed by atoms with Gasteiger partial charge in [0, 0.05) is 31.5 Å². The molecule has 24 heavy (non-hydrogen) atoms. The number of nitrogens with one attached hydrogen (secondary N) is 1. The highest BCUT2D eigenvalue weighted by atomic mass is 32.1. The number of carbonyl (C=O) groups excluding carboxylic acids is 1. The van der Waals surface area contributed by atoms with E-state index in [1.54, 1.807) is 4.90 Å². The van der Waals surface area contributed by atoms with E-state index in [0.29, 0.717) is 18.2 Å². The first-order chi connectivity index (χ1) is 11.7. The molecule has 1 aromatic heterocycles. The first-order valence-electron chi connectivity index (χ1n) is 8.26. The Morgan fingerprint density at radius 2 is 2.21 bits per heavy atom. The van der Waals surface area contributed by atoms with Crippen LogP contribution in [0.4, 0.5) is 9.93 Å². The zero-order valence-electron chi connectivity index (χ0n) is 13.7. The highest BCUT2D eigenvalue weighted by Crippen LogP contribution is 2.31. The van der Waals surface area contributed by atoms with Crippen LogP contribution >= 0.6 is 11.3 Å². The van der Waals surface area contributed by atoms with Crippen LogP contribution in [0.2, 0.25) is 0 Å². The van der Waals surface area contributed by atoms with Crippen LogP contribution in [0.3, 0.4) is 0 Å². The van der Waals surface area contributed by atoms with E-state index in [1.165, 1.54) is 16.9 Å². The highest BCUT2D eigenvalue weighted by Gasteiger charge is 2.26. The van der Waals surface area contributed by atoms with Crippen LogP contribution in [0.1, 0.15) is 36.3 Å². The summed E-state index contributed by atoms with van der Waals surface area (Å²) < 4.78 is 0. The molecular weight excluding hydrogens is 324 g/mol. The molecule has 1 saturated heterocycles. The number of anilines is 1. The maximum absolute atomic E-state index is 12.3. The van der Waals surface area contributed by atoms with E-state index in [0.717, 1.165) is 17.8 Å². The van der Waals surface area contributed by atoms with Crippen molar-refractivity contribution < 1.29 is 9.90 Å². The normalized spacial score (nSPS) is 18.6. The van der Waals surface area contributed by atoms with Gasteiger partial charge in [0.25, 0.3) is 0 Å². The molecule has 2 heterocycles. The van der Waals surface area contributed by atoms with Crippen molar-refractivity contribution in [3.8, 4) is 0 Å². The SMILES string of the molecule is CCC(c1ccccc1)c1nnc(NC(=O)N2CCC(CO)C2)s1. The summed E-state index contributed by atoms with van der Waals surface area (Å²) in [7, 11) is 0. The summed E-state index contributed by atoms with van der Waals surface area (Å²) in [6.07, 6.45) is 1.77. The van der Waals surface area contributed by atoms with E-state index in [4.69, 9.17) is 0 Å². The number of nitrogens with zero attached hydrogens (tertiary/aromatic N) is 3. The molecule has 2 atom stereocenters. The van der Waals surface area contributed by atoms with Gasteiger partial charge in [-0.15, -0.1) is 10.2 Å². The van der Waals surface area contributed by atoms with Crippen LogP contribution in [0.5, 0.6) is 0 Å². The van der Waals surface area contributed by atoms with Gasteiger partial charge < -0.3 is 10.0 Å². The number of aromatic nitrogens is 2. The molecule has 1 fully saturated rings. The van der Waals surface area contributed by atoms with E-state index in [1.807, 2.05) is 18.2 Å². The van der Waals surface area contributed by atoms with Crippen molar-refractivity contribution in [2.75, 3.05) is 25.0 Å². The minimum Gasteiger partial charge on any atom is -0.396 e. The Bertz CT molecular complexity index is 676. The lowest BCUT2D eigenvalue weighted by molar-refractivity contribution is 0.208. The van der Waals surface area contributed by atoms with Crippen molar-refractivity contribution in [1.82, 2.24) is 15.1 Å². The molecule has 2 aromatic rings. The zero-order valence-corrected chi connectivity index (χ0v) is 14.5. The van der Waals surface area contributed by atoms with Crippen molar-refractivity contribution >= 4 is 22.5 Å². The van der Waals surface area contributed by atoms with Gasteiger partial charge in [-0.1, -0.05) is 48.6 Å². The Hall–Kier alpha value is -1.99.